The molecule has 13 heavy (non-hydrogen) atoms. The first-order valence-corrected chi connectivity index (χ1v) is 3.56. The number of hydrogen-bond donors (Lipinski definition) is 0. The molecule has 0 heterocycles. The second-order valence-electron chi connectivity index (χ2n) is 0.742. The van der Waals surface area contributed by atoms with Crippen LogP contribution in [-0.2, 0) is 44.2 Å². The SMILES string of the molecule is CS(C)=O.[C-]#[O+].[C-]#[O+].[C-]#[O+].[Cl-].[Cl-].[Ru+2]. The Labute approximate surface area is 105 Å². The maximum absolute atomic E-state index is 9.56. The van der Waals surface area contributed by atoms with E-state index in [2.05, 4.69) is 20.0 Å². The van der Waals surface area contributed by atoms with E-state index in [4.69, 9.17) is 14.0 Å². The van der Waals surface area contributed by atoms with Crippen LogP contribution in [0.25, 0.3) is 0 Å². The minimum Gasteiger partial charge on any atom is -1.00 e. The van der Waals surface area contributed by atoms with Gasteiger partial charge in [-0.2, -0.15) is 0 Å². The van der Waals surface area contributed by atoms with Crippen LogP contribution >= 0.6 is 0 Å². The van der Waals surface area contributed by atoms with Crippen molar-refractivity contribution in [2.24, 2.45) is 0 Å². The molecule has 0 saturated heterocycles. The van der Waals surface area contributed by atoms with Gasteiger partial charge in [0, 0.05) is 23.3 Å². The molecule has 0 unspecified atom stereocenters. The zero-order chi connectivity index (χ0) is 9.58. The van der Waals surface area contributed by atoms with Gasteiger partial charge in [0.05, 0.1) is 0 Å². The molecule has 0 aliphatic carbocycles. The van der Waals surface area contributed by atoms with Gasteiger partial charge in [-0.15, -0.1) is 0 Å². The molecule has 0 aromatic heterocycles. The molecule has 0 N–H and O–H groups in total. The smallest absolute Gasteiger partial charge is 1.00 e. The van der Waals surface area contributed by atoms with E-state index in [9.17, 15) is 4.21 Å². The zero-order valence-electron chi connectivity index (χ0n) is 6.65. The van der Waals surface area contributed by atoms with Gasteiger partial charge < -0.3 is 24.8 Å². The van der Waals surface area contributed by atoms with Crippen LogP contribution in [0.15, 0.2) is 0 Å². The molecule has 0 aromatic rings. The second-order valence-corrected chi connectivity index (χ2v) is 2.22. The first kappa shape index (κ1) is 49.7. The van der Waals surface area contributed by atoms with E-state index in [0.29, 0.717) is 0 Å². The third kappa shape index (κ3) is 4280. The van der Waals surface area contributed by atoms with Gasteiger partial charge in [-0.05, 0) is 0 Å². The van der Waals surface area contributed by atoms with Crippen molar-refractivity contribution in [3.05, 3.63) is 20.0 Å². The molecule has 0 bridgehead atoms. The van der Waals surface area contributed by atoms with Crippen molar-refractivity contribution < 1.29 is 62.5 Å². The normalized spacial score (nSPS) is 3.15. The molecule has 0 saturated carbocycles. The Kier molecular flexibility index (Phi) is 504. The number of halogens is 2. The van der Waals surface area contributed by atoms with Gasteiger partial charge in [-0.3, -0.25) is 4.21 Å². The molecule has 0 amide bonds. The summed E-state index contributed by atoms with van der Waals surface area (Å²) in [4.78, 5) is 0. The molecule has 0 aromatic carbocycles. The summed E-state index contributed by atoms with van der Waals surface area (Å²) < 4.78 is 32.1. The van der Waals surface area contributed by atoms with Gasteiger partial charge in [-0.1, -0.05) is 0 Å². The fourth-order valence-corrected chi connectivity index (χ4v) is 0. The third-order valence-corrected chi connectivity index (χ3v) is 0. The van der Waals surface area contributed by atoms with Gasteiger partial charge in [-0.25, -0.2) is 0 Å². The van der Waals surface area contributed by atoms with E-state index in [1.165, 1.54) is 0 Å². The Morgan fingerprint density at radius 3 is 0.846 bits per heavy atom. The molecule has 0 fully saturated rings. The number of hydrogen-bond acceptors (Lipinski definition) is 1. The maximum atomic E-state index is 9.56. The van der Waals surface area contributed by atoms with Crippen molar-refractivity contribution in [2.45, 2.75) is 0 Å². The largest absolute Gasteiger partial charge is 2.00 e. The van der Waals surface area contributed by atoms with Crippen LogP contribution in [0.2, 0.25) is 0 Å². The predicted octanol–water partition coefficient (Wildman–Crippen LogP) is -6.11. The average Bonchev–Trinajstić information content (AvgIpc) is 1.98. The van der Waals surface area contributed by atoms with E-state index in [1.807, 2.05) is 0 Å². The van der Waals surface area contributed by atoms with Crippen LogP contribution in [0, 0.1) is 20.0 Å². The van der Waals surface area contributed by atoms with Crippen LogP contribution in [-0.4, -0.2) is 16.7 Å². The van der Waals surface area contributed by atoms with E-state index in [1.54, 1.807) is 12.5 Å². The Balaban J connectivity index is -0.00000000727. The Morgan fingerprint density at radius 1 is 0.846 bits per heavy atom. The standard InChI is InChI=1S/C2H6OS.3CO.2ClH.Ru/c1-4(2)3;3*1-2;;;/h1-2H3;;;;2*1H;/q;;;;;;+2/p-2. The van der Waals surface area contributed by atoms with Crippen LogP contribution < -0.4 is 24.8 Å². The predicted molar refractivity (Wildman–Crippen MR) is 31.8 cm³/mol. The van der Waals surface area contributed by atoms with E-state index in [0.717, 1.165) is 0 Å². The zero-order valence-corrected chi connectivity index (χ0v) is 10.7. The molecule has 0 aliphatic heterocycles. The Hall–Kier alpha value is 0.573. The molecule has 78 valence electrons. The van der Waals surface area contributed by atoms with Gasteiger partial charge >= 0.3 is 53.4 Å². The van der Waals surface area contributed by atoms with E-state index in [-0.39, 0.29) is 44.3 Å². The quantitative estimate of drug-likeness (QED) is 0.247. The molecular formula is C5H6Cl2O4RuS. The molecule has 0 spiro atoms. The average molecular weight is 334 g/mol. The van der Waals surface area contributed by atoms with Crippen molar-refractivity contribution in [1.82, 2.24) is 0 Å². The summed E-state index contributed by atoms with van der Waals surface area (Å²) in [7, 11) is -0.611. The van der Waals surface area contributed by atoms with E-state index < -0.39 is 10.8 Å². The summed E-state index contributed by atoms with van der Waals surface area (Å²) in [5.74, 6) is 0. The summed E-state index contributed by atoms with van der Waals surface area (Å²) in [5, 5.41) is 0. The monoisotopic (exact) mass is 334 g/mol. The summed E-state index contributed by atoms with van der Waals surface area (Å²) in [6, 6.07) is 0. The summed E-state index contributed by atoms with van der Waals surface area (Å²) in [6.45, 7) is 13.5. The van der Waals surface area contributed by atoms with Crippen LogP contribution in [0.4, 0.5) is 0 Å². The minimum absolute atomic E-state index is 0. The topological polar surface area (TPSA) is 76.8 Å². The first-order chi connectivity index (χ1) is 4.73. The second kappa shape index (κ2) is 132. The molecule has 0 rings (SSSR count). The summed E-state index contributed by atoms with van der Waals surface area (Å²) >= 11 is 0. The Bertz CT molecular complexity index is 107. The fourth-order valence-electron chi connectivity index (χ4n) is 0. The van der Waals surface area contributed by atoms with Crippen molar-refractivity contribution in [2.75, 3.05) is 12.5 Å². The van der Waals surface area contributed by atoms with Crippen molar-refractivity contribution in [3.8, 4) is 0 Å². The molecule has 4 nitrogen and oxygen atoms in total. The molecule has 8 heteroatoms. The first-order valence-electron chi connectivity index (χ1n) is 1.60. The Morgan fingerprint density at radius 2 is 0.846 bits per heavy atom. The third-order valence-electron chi connectivity index (χ3n) is 0. The summed E-state index contributed by atoms with van der Waals surface area (Å²) in [5.41, 5.74) is 0. The van der Waals surface area contributed by atoms with Gasteiger partial charge in [0.2, 0.25) is 0 Å². The fraction of sp³-hybridized carbons (Fsp3) is 0.400. The molecule has 0 atom stereocenters. The van der Waals surface area contributed by atoms with Crippen molar-refractivity contribution in [1.29, 1.82) is 0 Å². The van der Waals surface area contributed by atoms with Crippen LogP contribution in [0.5, 0.6) is 0 Å². The molecular weight excluding hydrogens is 328 g/mol. The number of rotatable bonds is 0. The van der Waals surface area contributed by atoms with E-state index >= 15 is 0 Å². The van der Waals surface area contributed by atoms with Crippen molar-refractivity contribution in [3.63, 3.8) is 0 Å². The molecule has 0 aliphatic rings. The van der Waals surface area contributed by atoms with Crippen LogP contribution in [0.1, 0.15) is 0 Å². The van der Waals surface area contributed by atoms with Crippen LogP contribution in [0.3, 0.4) is 0 Å². The minimum atomic E-state index is -0.611. The molecule has 0 radical (unpaired) electrons. The van der Waals surface area contributed by atoms with Crippen molar-refractivity contribution >= 4 is 10.8 Å². The van der Waals surface area contributed by atoms with Gasteiger partial charge in [0.15, 0.2) is 0 Å². The maximum Gasteiger partial charge on any atom is 2.00 e. The van der Waals surface area contributed by atoms with Gasteiger partial charge in [0.1, 0.15) is 0 Å². The summed E-state index contributed by atoms with van der Waals surface area (Å²) in [6.07, 6.45) is 3.28. The van der Waals surface area contributed by atoms with Gasteiger partial charge in [0.25, 0.3) is 0 Å².